The van der Waals surface area contributed by atoms with Gasteiger partial charge in [-0.1, -0.05) is 0 Å². The molecule has 0 aliphatic heterocycles. The zero-order chi connectivity index (χ0) is 14.5. The number of nitrogens with one attached hydrogen (secondary N) is 2. The molecule has 0 aliphatic rings. The summed E-state index contributed by atoms with van der Waals surface area (Å²) in [6, 6.07) is 7.00. The highest BCUT2D eigenvalue weighted by Crippen LogP contribution is 2.16. The summed E-state index contributed by atoms with van der Waals surface area (Å²) in [6.07, 6.45) is 0.323. The van der Waals surface area contributed by atoms with Gasteiger partial charge in [-0.2, -0.15) is 0 Å². The number of thiazole rings is 1. The fourth-order valence-electron chi connectivity index (χ4n) is 1.69. The maximum atomic E-state index is 11.9. The van der Waals surface area contributed by atoms with Crippen LogP contribution in [0.25, 0.3) is 0 Å². The van der Waals surface area contributed by atoms with Crippen molar-refractivity contribution in [1.82, 2.24) is 4.98 Å². The van der Waals surface area contributed by atoms with Gasteiger partial charge < -0.3 is 10.6 Å². The Balaban J connectivity index is 1.94. The Kier molecular flexibility index (Phi) is 4.47. The number of hydrogen-bond acceptors (Lipinski definition) is 4. The first-order chi connectivity index (χ1) is 9.54. The van der Waals surface area contributed by atoms with E-state index in [0.29, 0.717) is 17.8 Å². The number of carbonyl (C=O) groups excluding carboxylic acids is 2. The van der Waals surface area contributed by atoms with Gasteiger partial charge in [-0.05, 0) is 31.2 Å². The molecular weight excluding hydrogens is 274 g/mol. The molecule has 1 heterocycles. The van der Waals surface area contributed by atoms with Crippen LogP contribution in [0.15, 0.2) is 29.8 Å². The van der Waals surface area contributed by atoms with E-state index in [1.807, 2.05) is 6.92 Å². The smallest absolute Gasteiger partial charge is 0.229 e. The third-order valence-corrected chi connectivity index (χ3v) is 3.59. The Morgan fingerprint density at radius 2 is 1.75 bits per heavy atom. The van der Waals surface area contributed by atoms with Crippen molar-refractivity contribution < 1.29 is 9.59 Å². The second-order valence-corrected chi connectivity index (χ2v) is 5.28. The molecule has 0 radical (unpaired) electrons. The molecule has 2 rings (SSSR count). The quantitative estimate of drug-likeness (QED) is 0.908. The van der Waals surface area contributed by atoms with E-state index in [1.54, 1.807) is 29.8 Å². The van der Waals surface area contributed by atoms with Crippen molar-refractivity contribution in [2.75, 3.05) is 10.6 Å². The number of nitrogens with zero attached hydrogens (tertiary/aromatic N) is 1. The molecule has 20 heavy (non-hydrogen) atoms. The van der Waals surface area contributed by atoms with E-state index in [1.165, 1.54) is 18.3 Å². The van der Waals surface area contributed by atoms with Crippen molar-refractivity contribution in [3.63, 3.8) is 0 Å². The van der Waals surface area contributed by atoms with Gasteiger partial charge in [0.25, 0.3) is 0 Å². The molecule has 1 aromatic heterocycles. The van der Waals surface area contributed by atoms with Crippen molar-refractivity contribution in [1.29, 1.82) is 0 Å². The van der Waals surface area contributed by atoms with Gasteiger partial charge in [-0.3, -0.25) is 9.59 Å². The first-order valence-corrected chi connectivity index (χ1v) is 6.99. The standard InChI is InChI=1S/C14H15N3O2S/c1-9-13(20-8-15-9)7-14(19)17-12-5-3-11(4-6-12)16-10(2)18/h3-6,8H,7H2,1-2H3,(H,16,18)(H,17,19). The minimum absolute atomic E-state index is 0.0790. The normalized spacial score (nSPS) is 10.1. The van der Waals surface area contributed by atoms with Crippen molar-refractivity contribution in [3.05, 3.63) is 40.3 Å². The fourth-order valence-corrected chi connectivity index (χ4v) is 2.46. The Morgan fingerprint density at radius 3 is 2.25 bits per heavy atom. The van der Waals surface area contributed by atoms with Crippen LogP contribution in [0.2, 0.25) is 0 Å². The van der Waals surface area contributed by atoms with Crippen molar-refractivity contribution in [2.24, 2.45) is 0 Å². The van der Waals surface area contributed by atoms with E-state index < -0.39 is 0 Å². The van der Waals surface area contributed by atoms with Gasteiger partial charge in [-0.15, -0.1) is 11.3 Å². The summed E-state index contributed by atoms with van der Waals surface area (Å²) in [7, 11) is 0. The highest BCUT2D eigenvalue weighted by atomic mass is 32.1. The third kappa shape index (κ3) is 3.89. The fraction of sp³-hybridized carbons (Fsp3) is 0.214. The third-order valence-electron chi connectivity index (χ3n) is 2.65. The zero-order valence-corrected chi connectivity index (χ0v) is 12.1. The maximum absolute atomic E-state index is 11.9. The molecule has 104 valence electrons. The molecule has 0 saturated heterocycles. The molecule has 0 unspecified atom stereocenters. The predicted molar refractivity (Wildman–Crippen MR) is 79.9 cm³/mol. The number of anilines is 2. The van der Waals surface area contributed by atoms with Crippen LogP contribution in [0.1, 0.15) is 17.5 Å². The van der Waals surface area contributed by atoms with Crippen LogP contribution in [0.4, 0.5) is 11.4 Å². The molecule has 0 bridgehead atoms. The van der Waals surface area contributed by atoms with Crippen LogP contribution in [-0.4, -0.2) is 16.8 Å². The summed E-state index contributed by atoms with van der Waals surface area (Å²) in [5, 5.41) is 5.49. The summed E-state index contributed by atoms with van der Waals surface area (Å²) in [5.41, 5.74) is 4.03. The van der Waals surface area contributed by atoms with Crippen LogP contribution in [0, 0.1) is 6.92 Å². The number of benzene rings is 1. The number of aromatic nitrogens is 1. The Hall–Kier alpha value is -2.21. The van der Waals surface area contributed by atoms with Crippen molar-refractivity contribution in [2.45, 2.75) is 20.3 Å². The van der Waals surface area contributed by atoms with Gasteiger partial charge in [-0.25, -0.2) is 4.98 Å². The highest BCUT2D eigenvalue weighted by Gasteiger charge is 2.08. The minimum Gasteiger partial charge on any atom is -0.326 e. The number of amides is 2. The second kappa shape index (κ2) is 6.29. The van der Waals surface area contributed by atoms with E-state index in [9.17, 15) is 9.59 Å². The summed E-state index contributed by atoms with van der Waals surface area (Å²) in [4.78, 5) is 27.9. The van der Waals surface area contributed by atoms with Crippen LogP contribution < -0.4 is 10.6 Å². The van der Waals surface area contributed by atoms with E-state index in [2.05, 4.69) is 15.6 Å². The summed E-state index contributed by atoms with van der Waals surface area (Å²) in [6.45, 7) is 3.34. The number of carbonyl (C=O) groups is 2. The lowest BCUT2D eigenvalue weighted by molar-refractivity contribution is -0.116. The molecule has 0 atom stereocenters. The average Bonchev–Trinajstić information content (AvgIpc) is 2.77. The summed E-state index contributed by atoms with van der Waals surface area (Å²) < 4.78 is 0. The molecule has 0 fully saturated rings. The van der Waals surface area contributed by atoms with E-state index in [-0.39, 0.29) is 11.8 Å². The molecule has 2 amide bonds. The van der Waals surface area contributed by atoms with E-state index >= 15 is 0 Å². The maximum Gasteiger partial charge on any atom is 0.229 e. The zero-order valence-electron chi connectivity index (χ0n) is 11.3. The lowest BCUT2D eigenvalue weighted by Crippen LogP contribution is -2.14. The van der Waals surface area contributed by atoms with Gasteiger partial charge >= 0.3 is 0 Å². The number of rotatable bonds is 4. The number of aryl methyl sites for hydroxylation is 1. The van der Waals surface area contributed by atoms with Crippen LogP contribution >= 0.6 is 11.3 Å². The molecule has 6 heteroatoms. The largest absolute Gasteiger partial charge is 0.326 e. The first-order valence-electron chi connectivity index (χ1n) is 6.11. The summed E-state index contributed by atoms with van der Waals surface area (Å²) >= 11 is 1.48. The van der Waals surface area contributed by atoms with E-state index in [0.717, 1.165) is 10.6 Å². The lowest BCUT2D eigenvalue weighted by Gasteiger charge is -2.06. The van der Waals surface area contributed by atoms with Gasteiger partial charge in [0.1, 0.15) is 0 Å². The van der Waals surface area contributed by atoms with Crippen molar-refractivity contribution >= 4 is 34.5 Å². The average molecular weight is 289 g/mol. The number of hydrogen-bond donors (Lipinski definition) is 2. The van der Waals surface area contributed by atoms with Gasteiger partial charge in [0, 0.05) is 23.2 Å². The molecule has 5 nitrogen and oxygen atoms in total. The summed E-state index contributed by atoms with van der Waals surface area (Å²) in [5.74, 6) is -0.202. The highest BCUT2D eigenvalue weighted by molar-refractivity contribution is 7.09. The predicted octanol–water partition coefficient (Wildman–Crippen LogP) is 2.59. The molecule has 2 aromatic rings. The minimum atomic E-state index is -0.123. The molecule has 0 spiro atoms. The molecule has 0 saturated carbocycles. The van der Waals surface area contributed by atoms with Crippen molar-refractivity contribution in [3.8, 4) is 0 Å². The molecule has 0 aliphatic carbocycles. The molecule has 2 N–H and O–H groups in total. The SMILES string of the molecule is CC(=O)Nc1ccc(NC(=O)Cc2scnc2C)cc1. The Labute approximate surface area is 121 Å². The Morgan fingerprint density at radius 1 is 1.15 bits per heavy atom. The molecule has 1 aromatic carbocycles. The topological polar surface area (TPSA) is 71.1 Å². The monoisotopic (exact) mass is 289 g/mol. The molecular formula is C14H15N3O2S. The van der Waals surface area contributed by atoms with Gasteiger partial charge in [0.2, 0.25) is 11.8 Å². The van der Waals surface area contributed by atoms with Crippen LogP contribution in [0.3, 0.4) is 0 Å². The first kappa shape index (κ1) is 14.2. The Bertz CT molecular complexity index is 620. The second-order valence-electron chi connectivity index (χ2n) is 4.34. The van der Waals surface area contributed by atoms with Crippen LogP contribution in [0.5, 0.6) is 0 Å². The van der Waals surface area contributed by atoms with Gasteiger partial charge in [0.15, 0.2) is 0 Å². The van der Waals surface area contributed by atoms with Crippen LogP contribution in [-0.2, 0) is 16.0 Å². The lowest BCUT2D eigenvalue weighted by atomic mass is 10.2. The van der Waals surface area contributed by atoms with Gasteiger partial charge in [0.05, 0.1) is 17.6 Å². The van der Waals surface area contributed by atoms with E-state index in [4.69, 9.17) is 0 Å².